The number of hydrogen-bond acceptors (Lipinski definition) is 5. The number of sulfone groups is 1. The van der Waals surface area contributed by atoms with Crippen LogP contribution in [0.5, 0.6) is 0 Å². The van der Waals surface area contributed by atoms with Gasteiger partial charge in [0.05, 0.1) is 16.6 Å². The maximum atomic E-state index is 12.8. The third kappa shape index (κ3) is 5.26. The second-order valence-electron chi connectivity index (χ2n) is 8.28. The first kappa shape index (κ1) is 23.4. The lowest BCUT2D eigenvalue weighted by atomic mass is 10.1. The van der Waals surface area contributed by atoms with E-state index in [-0.39, 0.29) is 22.6 Å². The third-order valence-electron chi connectivity index (χ3n) is 5.64. The molecular formula is C27H26N2O4S. The van der Waals surface area contributed by atoms with E-state index in [0.29, 0.717) is 28.5 Å². The maximum absolute atomic E-state index is 12.8. The Bertz CT molecular complexity index is 1390. The highest BCUT2D eigenvalue weighted by Crippen LogP contribution is 2.25. The summed E-state index contributed by atoms with van der Waals surface area (Å²) in [5.74, 6) is 0.334. The van der Waals surface area contributed by atoms with Crippen molar-refractivity contribution in [2.24, 2.45) is 0 Å². The van der Waals surface area contributed by atoms with E-state index in [1.165, 1.54) is 0 Å². The highest BCUT2D eigenvalue weighted by Gasteiger charge is 2.21. The van der Waals surface area contributed by atoms with Crippen molar-refractivity contribution in [3.63, 3.8) is 0 Å². The van der Waals surface area contributed by atoms with Gasteiger partial charge in [-0.2, -0.15) is 0 Å². The number of nitrogens with one attached hydrogen (secondary N) is 1. The molecule has 1 heterocycles. The Kier molecular flexibility index (Phi) is 6.65. The Labute approximate surface area is 199 Å². The maximum Gasteiger partial charge on any atom is 0.251 e. The predicted molar refractivity (Wildman–Crippen MR) is 131 cm³/mol. The van der Waals surface area contributed by atoms with Crippen molar-refractivity contribution in [2.45, 2.75) is 37.5 Å². The number of carbonyl (C=O) groups excluding carboxylic acids is 1. The third-order valence-corrected chi connectivity index (χ3v) is 7.28. The molecule has 0 radical (unpaired) electrons. The van der Waals surface area contributed by atoms with Crippen LogP contribution in [-0.2, 0) is 15.6 Å². The van der Waals surface area contributed by atoms with E-state index in [1.807, 2.05) is 44.2 Å². The number of hydrogen-bond donors (Lipinski definition) is 1. The van der Waals surface area contributed by atoms with Crippen LogP contribution in [0, 0.1) is 13.8 Å². The Hall–Kier alpha value is -3.71. The smallest absolute Gasteiger partial charge is 0.251 e. The summed E-state index contributed by atoms with van der Waals surface area (Å²) in [5, 5.41) is 2.98. The van der Waals surface area contributed by atoms with Gasteiger partial charge in [0.25, 0.3) is 5.91 Å². The first-order chi connectivity index (χ1) is 16.2. The van der Waals surface area contributed by atoms with E-state index in [1.54, 1.807) is 55.5 Å². The average Bonchev–Trinajstić information content (AvgIpc) is 3.19. The van der Waals surface area contributed by atoms with Gasteiger partial charge in [0.2, 0.25) is 5.89 Å². The van der Waals surface area contributed by atoms with Gasteiger partial charge in [0.15, 0.2) is 9.84 Å². The van der Waals surface area contributed by atoms with E-state index in [0.717, 1.165) is 11.1 Å². The van der Waals surface area contributed by atoms with Gasteiger partial charge >= 0.3 is 0 Å². The molecule has 0 bridgehead atoms. The molecule has 0 aliphatic carbocycles. The summed E-state index contributed by atoms with van der Waals surface area (Å²) in [6.45, 7) is 5.54. The standard InChI is InChI=1S/C27H26N2O4S/c1-18-9-15-24(16-10-18)34(31,32)17-25-20(3)33-27(29-25)23-13-11-22(12-14-23)26(30)28-19(2)21-7-5-4-6-8-21/h4-16,19H,17H2,1-3H3,(H,28,30). The molecule has 1 N–H and O–H groups in total. The lowest BCUT2D eigenvalue weighted by Gasteiger charge is -2.14. The van der Waals surface area contributed by atoms with Crippen LogP contribution in [0.3, 0.4) is 0 Å². The summed E-state index contributed by atoms with van der Waals surface area (Å²) in [6, 6.07) is 23.2. The fourth-order valence-electron chi connectivity index (χ4n) is 3.56. The summed E-state index contributed by atoms with van der Waals surface area (Å²) in [5.41, 5.74) is 3.56. The number of rotatable bonds is 7. The minimum Gasteiger partial charge on any atom is -0.441 e. The molecule has 0 fully saturated rings. The normalized spacial score (nSPS) is 12.3. The van der Waals surface area contributed by atoms with Gasteiger partial charge in [-0.25, -0.2) is 13.4 Å². The number of carbonyl (C=O) groups is 1. The summed E-state index contributed by atoms with van der Waals surface area (Å²) in [4.78, 5) is 17.3. The van der Waals surface area contributed by atoms with E-state index in [9.17, 15) is 13.2 Å². The van der Waals surface area contributed by atoms with Crippen LogP contribution in [0.4, 0.5) is 0 Å². The molecule has 6 nitrogen and oxygen atoms in total. The summed E-state index contributed by atoms with van der Waals surface area (Å²) < 4.78 is 31.3. The van der Waals surface area contributed by atoms with Crippen molar-refractivity contribution in [1.82, 2.24) is 10.3 Å². The molecule has 34 heavy (non-hydrogen) atoms. The van der Waals surface area contributed by atoms with Crippen molar-refractivity contribution >= 4 is 15.7 Å². The second kappa shape index (κ2) is 9.65. The van der Waals surface area contributed by atoms with Crippen LogP contribution < -0.4 is 5.32 Å². The van der Waals surface area contributed by atoms with Crippen LogP contribution in [-0.4, -0.2) is 19.3 Å². The monoisotopic (exact) mass is 474 g/mol. The topological polar surface area (TPSA) is 89.3 Å². The number of aromatic nitrogens is 1. The molecule has 0 saturated carbocycles. The van der Waals surface area contributed by atoms with E-state index < -0.39 is 9.84 Å². The summed E-state index contributed by atoms with van der Waals surface area (Å²) in [7, 11) is -3.55. The Balaban J connectivity index is 1.47. The van der Waals surface area contributed by atoms with E-state index in [4.69, 9.17) is 4.42 Å². The average molecular weight is 475 g/mol. The Morgan fingerprint density at radius 2 is 1.59 bits per heavy atom. The van der Waals surface area contributed by atoms with Crippen LogP contribution in [0.2, 0.25) is 0 Å². The number of oxazole rings is 1. The molecule has 1 amide bonds. The van der Waals surface area contributed by atoms with E-state index >= 15 is 0 Å². The van der Waals surface area contributed by atoms with Gasteiger partial charge in [0, 0.05) is 11.1 Å². The van der Waals surface area contributed by atoms with Crippen molar-refractivity contribution in [3.8, 4) is 11.5 Å². The molecule has 0 aliphatic heterocycles. The van der Waals surface area contributed by atoms with Gasteiger partial charge < -0.3 is 9.73 Å². The lowest BCUT2D eigenvalue weighted by Crippen LogP contribution is -2.26. The molecule has 1 atom stereocenters. The van der Waals surface area contributed by atoms with Crippen LogP contribution in [0.1, 0.15) is 45.9 Å². The van der Waals surface area contributed by atoms with Gasteiger partial charge in [0.1, 0.15) is 11.5 Å². The first-order valence-electron chi connectivity index (χ1n) is 10.9. The van der Waals surface area contributed by atoms with Crippen molar-refractivity contribution < 1.29 is 17.6 Å². The molecule has 0 spiro atoms. The largest absolute Gasteiger partial charge is 0.441 e. The molecule has 0 aliphatic rings. The van der Waals surface area contributed by atoms with Gasteiger partial charge in [-0.1, -0.05) is 48.0 Å². The summed E-state index contributed by atoms with van der Waals surface area (Å²) in [6.07, 6.45) is 0. The SMILES string of the molecule is Cc1ccc(S(=O)(=O)Cc2nc(-c3ccc(C(=O)NC(C)c4ccccc4)cc3)oc2C)cc1. The van der Waals surface area contributed by atoms with Crippen molar-refractivity contribution in [2.75, 3.05) is 0 Å². The van der Waals surface area contributed by atoms with Crippen LogP contribution >= 0.6 is 0 Å². The fourth-order valence-corrected chi connectivity index (χ4v) is 4.91. The molecule has 3 aromatic carbocycles. The van der Waals surface area contributed by atoms with Crippen molar-refractivity contribution in [3.05, 3.63) is 107 Å². The number of aryl methyl sites for hydroxylation is 2. The van der Waals surface area contributed by atoms with E-state index in [2.05, 4.69) is 10.3 Å². The molecular weight excluding hydrogens is 448 g/mol. The predicted octanol–water partition coefficient (Wildman–Crippen LogP) is 5.42. The first-order valence-corrected chi connectivity index (χ1v) is 12.6. The molecule has 1 aromatic heterocycles. The zero-order valence-corrected chi connectivity index (χ0v) is 20.1. The molecule has 4 rings (SSSR count). The molecule has 174 valence electrons. The number of nitrogens with zero attached hydrogens (tertiary/aromatic N) is 1. The van der Waals surface area contributed by atoms with Gasteiger partial charge in [-0.05, 0) is 62.7 Å². The highest BCUT2D eigenvalue weighted by molar-refractivity contribution is 7.90. The lowest BCUT2D eigenvalue weighted by molar-refractivity contribution is 0.0940. The molecule has 0 saturated heterocycles. The Morgan fingerprint density at radius 3 is 2.24 bits per heavy atom. The Morgan fingerprint density at radius 1 is 0.941 bits per heavy atom. The highest BCUT2D eigenvalue weighted by atomic mass is 32.2. The minimum absolute atomic E-state index is 0.124. The number of benzene rings is 3. The minimum atomic E-state index is -3.55. The van der Waals surface area contributed by atoms with Crippen LogP contribution in [0.15, 0.2) is 88.2 Å². The molecule has 7 heteroatoms. The molecule has 1 unspecified atom stereocenters. The molecule has 4 aromatic rings. The summed E-state index contributed by atoms with van der Waals surface area (Å²) >= 11 is 0. The number of amides is 1. The fraction of sp³-hybridized carbons (Fsp3) is 0.185. The zero-order valence-electron chi connectivity index (χ0n) is 19.3. The van der Waals surface area contributed by atoms with Crippen molar-refractivity contribution in [1.29, 1.82) is 0 Å². The zero-order chi connectivity index (χ0) is 24.3. The quantitative estimate of drug-likeness (QED) is 0.386. The van der Waals surface area contributed by atoms with Gasteiger partial charge in [-0.15, -0.1) is 0 Å². The van der Waals surface area contributed by atoms with Gasteiger partial charge in [-0.3, -0.25) is 4.79 Å². The van der Waals surface area contributed by atoms with Crippen LogP contribution in [0.25, 0.3) is 11.5 Å². The second-order valence-corrected chi connectivity index (χ2v) is 10.3.